The Morgan fingerprint density at radius 2 is 2.00 bits per heavy atom. The van der Waals surface area contributed by atoms with E-state index in [0.717, 1.165) is 5.56 Å². The first-order chi connectivity index (χ1) is 14.3. The molecule has 1 atom stereocenters. The van der Waals surface area contributed by atoms with E-state index in [1.54, 1.807) is 51.1 Å². The SMILES string of the molecule is CC1=C(C(=O)OC(C)C)C(c2cccc(F)c2)CC(=O)N1Cc1cccc(C#N)c1. The van der Waals surface area contributed by atoms with Crippen molar-refractivity contribution in [3.63, 3.8) is 0 Å². The zero-order chi connectivity index (χ0) is 21.8. The summed E-state index contributed by atoms with van der Waals surface area (Å²) in [6.45, 7) is 5.44. The van der Waals surface area contributed by atoms with Gasteiger partial charge in [0.1, 0.15) is 5.82 Å². The lowest BCUT2D eigenvalue weighted by molar-refractivity contribution is -0.143. The van der Waals surface area contributed by atoms with E-state index in [2.05, 4.69) is 6.07 Å². The number of rotatable bonds is 5. The molecule has 0 saturated carbocycles. The summed E-state index contributed by atoms with van der Waals surface area (Å²) in [6, 6.07) is 15.0. The fourth-order valence-electron chi connectivity index (χ4n) is 3.68. The number of halogens is 1. The molecule has 2 aromatic rings. The van der Waals surface area contributed by atoms with Gasteiger partial charge in [-0.05, 0) is 56.2 Å². The monoisotopic (exact) mass is 406 g/mol. The number of carbonyl (C=O) groups is 2. The van der Waals surface area contributed by atoms with Gasteiger partial charge in [-0.3, -0.25) is 4.79 Å². The molecule has 6 heteroatoms. The zero-order valence-corrected chi connectivity index (χ0v) is 17.2. The number of hydrogen-bond acceptors (Lipinski definition) is 4. The summed E-state index contributed by atoms with van der Waals surface area (Å²) in [5.41, 5.74) is 2.67. The molecule has 5 nitrogen and oxygen atoms in total. The van der Waals surface area contributed by atoms with Gasteiger partial charge in [-0.1, -0.05) is 24.3 Å². The first kappa shape index (κ1) is 21.3. The van der Waals surface area contributed by atoms with Crippen molar-refractivity contribution in [3.05, 3.63) is 82.3 Å². The van der Waals surface area contributed by atoms with Crippen molar-refractivity contribution in [1.82, 2.24) is 4.90 Å². The van der Waals surface area contributed by atoms with Crippen LogP contribution < -0.4 is 0 Å². The molecule has 1 aliphatic rings. The molecule has 3 rings (SSSR count). The second-order valence-corrected chi connectivity index (χ2v) is 7.56. The molecule has 30 heavy (non-hydrogen) atoms. The number of allylic oxidation sites excluding steroid dienone is 1. The van der Waals surface area contributed by atoms with Crippen LogP contribution in [0.2, 0.25) is 0 Å². The molecule has 0 N–H and O–H groups in total. The number of hydrogen-bond donors (Lipinski definition) is 0. The first-order valence-corrected chi connectivity index (χ1v) is 9.76. The summed E-state index contributed by atoms with van der Waals surface area (Å²) in [6.07, 6.45) is -0.300. The summed E-state index contributed by atoms with van der Waals surface area (Å²) in [5, 5.41) is 9.12. The average molecular weight is 406 g/mol. The zero-order valence-electron chi connectivity index (χ0n) is 17.2. The molecule has 0 radical (unpaired) electrons. The number of benzene rings is 2. The van der Waals surface area contributed by atoms with Crippen LogP contribution >= 0.6 is 0 Å². The minimum absolute atomic E-state index is 0.0290. The first-order valence-electron chi connectivity index (χ1n) is 9.76. The minimum Gasteiger partial charge on any atom is -0.460 e. The van der Waals surface area contributed by atoms with Crippen molar-refractivity contribution >= 4 is 11.9 Å². The third-order valence-electron chi connectivity index (χ3n) is 5.03. The Balaban J connectivity index is 2.04. The fourth-order valence-corrected chi connectivity index (χ4v) is 3.68. The Morgan fingerprint density at radius 3 is 2.67 bits per heavy atom. The van der Waals surface area contributed by atoms with E-state index in [4.69, 9.17) is 10.00 Å². The predicted molar refractivity (Wildman–Crippen MR) is 109 cm³/mol. The van der Waals surface area contributed by atoms with Gasteiger partial charge in [0.05, 0.1) is 29.9 Å². The van der Waals surface area contributed by atoms with Gasteiger partial charge in [0.15, 0.2) is 0 Å². The third kappa shape index (κ3) is 4.57. The lowest BCUT2D eigenvalue weighted by atomic mass is 9.83. The molecule has 1 heterocycles. The van der Waals surface area contributed by atoms with Gasteiger partial charge in [0.25, 0.3) is 0 Å². The second kappa shape index (κ2) is 8.91. The molecular formula is C24H23FN2O3. The minimum atomic E-state index is -0.582. The van der Waals surface area contributed by atoms with Crippen molar-refractivity contribution in [2.45, 2.75) is 45.8 Å². The van der Waals surface area contributed by atoms with E-state index in [1.165, 1.54) is 17.0 Å². The number of amides is 1. The van der Waals surface area contributed by atoms with Crippen LogP contribution in [0.15, 0.2) is 59.8 Å². The fraction of sp³-hybridized carbons (Fsp3) is 0.292. The van der Waals surface area contributed by atoms with Gasteiger partial charge >= 0.3 is 5.97 Å². The highest BCUT2D eigenvalue weighted by Crippen LogP contribution is 2.38. The van der Waals surface area contributed by atoms with Crippen LogP contribution in [-0.4, -0.2) is 22.9 Å². The summed E-state index contributed by atoms with van der Waals surface area (Å²) < 4.78 is 19.3. The number of carbonyl (C=O) groups excluding carboxylic acids is 2. The van der Waals surface area contributed by atoms with E-state index >= 15 is 0 Å². The third-order valence-corrected chi connectivity index (χ3v) is 5.03. The smallest absolute Gasteiger partial charge is 0.336 e. The molecule has 0 spiro atoms. The van der Waals surface area contributed by atoms with Gasteiger partial charge in [-0.25, -0.2) is 9.18 Å². The Morgan fingerprint density at radius 1 is 1.27 bits per heavy atom. The van der Waals surface area contributed by atoms with E-state index < -0.39 is 17.7 Å². The van der Waals surface area contributed by atoms with E-state index in [1.807, 2.05) is 6.07 Å². The Kier molecular flexibility index (Phi) is 6.31. The van der Waals surface area contributed by atoms with Gasteiger partial charge in [-0.2, -0.15) is 5.26 Å². The Bertz CT molecular complexity index is 1050. The Hall–Kier alpha value is -3.46. The number of nitriles is 1. The highest BCUT2D eigenvalue weighted by Gasteiger charge is 2.37. The molecule has 0 fully saturated rings. The topological polar surface area (TPSA) is 70.4 Å². The normalized spacial score (nSPS) is 16.6. The van der Waals surface area contributed by atoms with Crippen LogP contribution in [0.25, 0.3) is 0 Å². The molecule has 2 aromatic carbocycles. The maximum Gasteiger partial charge on any atom is 0.336 e. The van der Waals surface area contributed by atoms with Crippen molar-refractivity contribution in [3.8, 4) is 6.07 Å². The standard InChI is InChI=1S/C24H23FN2O3/c1-15(2)30-24(29)23-16(3)27(14-18-7-4-6-17(10-18)13-26)22(28)12-21(23)19-8-5-9-20(25)11-19/h4-11,15,21H,12,14H2,1-3H3. The van der Waals surface area contributed by atoms with Crippen LogP contribution in [0.4, 0.5) is 4.39 Å². The predicted octanol–water partition coefficient (Wildman–Crippen LogP) is 4.44. The van der Waals surface area contributed by atoms with Crippen LogP contribution in [0.5, 0.6) is 0 Å². The molecule has 1 unspecified atom stereocenters. The lowest BCUT2D eigenvalue weighted by Crippen LogP contribution is -2.38. The summed E-state index contributed by atoms with van der Waals surface area (Å²) in [5.74, 6) is -1.70. The molecule has 154 valence electrons. The van der Waals surface area contributed by atoms with Gasteiger partial charge < -0.3 is 9.64 Å². The largest absolute Gasteiger partial charge is 0.460 e. The van der Waals surface area contributed by atoms with E-state index in [9.17, 15) is 14.0 Å². The number of nitrogens with zero attached hydrogens (tertiary/aromatic N) is 2. The Labute approximate surface area is 175 Å². The molecule has 1 amide bonds. The van der Waals surface area contributed by atoms with E-state index in [-0.39, 0.29) is 25.0 Å². The number of esters is 1. The highest BCUT2D eigenvalue weighted by atomic mass is 19.1. The van der Waals surface area contributed by atoms with Crippen molar-refractivity contribution in [2.75, 3.05) is 0 Å². The molecule has 0 bridgehead atoms. The summed E-state index contributed by atoms with van der Waals surface area (Å²) in [4.78, 5) is 27.5. The summed E-state index contributed by atoms with van der Waals surface area (Å²) >= 11 is 0. The quantitative estimate of drug-likeness (QED) is 0.689. The lowest BCUT2D eigenvalue weighted by Gasteiger charge is -2.35. The second-order valence-electron chi connectivity index (χ2n) is 7.56. The van der Waals surface area contributed by atoms with Crippen molar-refractivity contribution < 1.29 is 18.7 Å². The van der Waals surface area contributed by atoms with Crippen LogP contribution in [0.3, 0.4) is 0 Å². The molecular weight excluding hydrogens is 383 g/mol. The van der Waals surface area contributed by atoms with Gasteiger partial charge in [0, 0.05) is 18.0 Å². The maximum absolute atomic E-state index is 13.8. The van der Waals surface area contributed by atoms with Gasteiger partial charge in [0.2, 0.25) is 5.91 Å². The highest BCUT2D eigenvalue weighted by molar-refractivity contribution is 5.96. The average Bonchev–Trinajstić information content (AvgIpc) is 2.70. The van der Waals surface area contributed by atoms with Crippen LogP contribution in [0, 0.1) is 17.1 Å². The van der Waals surface area contributed by atoms with Gasteiger partial charge in [-0.15, -0.1) is 0 Å². The molecule has 0 aliphatic carbocycles. The molecule has 1 aliphatic heterocycles. The molecule has 0 aromatic heterocycles. The van der Waals surface area contributed by atoms with Crippen LogP contribution in [-0.2, 0) is 20.9 Å². The number of ether oxygens (including phenoxy) is 1. The van der Waals surface area contributed by atoms with Crippen LogP contribution in [0.1, 0.15) is 49.8 Å². The molecule has 0 saturated heterocycles. The van der Waals surface area contributed by atoms with E-state index in [0.29, 0.717) is 22.4 Å². The maximum atomic E-state index is 13.8. The van der Waals surface area contributed by atoms with Crippen molar-refractivity contribution in [1.29, 1.82) is 5.26 Å². The van der Waals surface area contributed by atoms with Crippen molar-refractivity contribution in [2.24, 2.45) is 0 Å². The summed E-state index contributed by atoms with van der Waals surface area (Å²) in [7, 11) is 0.